The van der Waals surface area contributed by atoms with Crippen LogP contribution in [0.15, 0.2) is 0 Å². The zero-order chi connectivity index (χ0) is 8.69. The van der Waals surface area contributed by atoms with Crippen LogP contribution >= 0.6 is 0 Å². The van der Waals surface area contributed by atoms with Gasteiger partial charge in [0.05, 0.1) is 18.7 Å². The van der Waals surface area contributed by atoms with Crippen LogP contribution in [0.2, 0.25) is 0 Å². The molecular weight excluding hydrogens is 140 g/mol. The van der Waals surface area contributed by atoms with Crippen molar-refractivity contribution < 1.29 is 5.11 Å². The molecule has 0 bridgehead atoms. The molecule has 0 radical (unpaired) electrons. The highest BCUT2D eigenvalue weighted by Gasteiger charge is 2.07. The largest absolute Gasteiger partial charge is 0.395 e. The molecule has 11 heavy (non-hydrogen) atoms. The Morgan fingerprint density at radius 1 is 1.55 bits per heavy atom. The van der Waals surface area contributed by atoms with Crippen LogP contribution in [0.1, 0.15) is 20.3 Å². The van der Waals surface area contributed by atoms with E-state index in [1.54, 1.807) is 0 Å². The van der Waals surface area contributed by atoms with Gasteiger partial charge in [-0.1, -0.05) is 13.8 Å². The van der Waals surface area contributed by atoms with Gasteiger partial charge in [-0.2, -0.15) is 5.26 Å². The van der Waals surface area contributed by atoms with Crippen LogP contribution in [-0.4, -0.2) is 24.3 Å². The number of nitrogens with one attached hydrogen (secondary N) is 1. The number of aliphatic hydroxyl groups is 1. The van der Waals surface area contributed by atoms with Gasteiger partial charge in [0.2, 0.25) is 0 Å². The first-order valence-electron chi connectivity index (χ1n) is 3.94. The lowest BCUT2D eigenvalue weighted by atomic mass is 10.1. The third-order valence-corrected chi connectivity index (χ3v) is 1.37. The predicted molar refractivity (Wildman–Crippen MR) is 43.9 cm³/mol. The first-order chi connectivity index (χ1) is 5.20. The van der Waals surface area contributed by atoms with Crippen molar-refractivity contribution >= 4 is 0 Å². The fraction of sp³-hybridized carbons (Fsp3) is 0.875. The van der Waals surface area contributed by atoms with E-state index in [1.807, 2.05) is 0 Å². The van der Waals surface area contributed by atoms with Gasteiger partial charge in [0.1, 0.15) is 0 Å². The Kier molecular flexibility index (Phi) is 5.81. The molecule has 0 spiro atoms. The summed E-state index contributed by atoms with van der Waals surface area (Å²) in [4.78, 5) is 0. The van der Waals surface area contributed by atoms with E-state index in [0.29, 0.717) is 12.5 Å². The van der Waals surface area contributed by atoms with Crippen LogP contribution in [0, 0.1) is 17.2 Å². The Morgan fingerprint density at radius 3 is 2.55 bits per heavy atom. The van der Waals surface area contributed by atoms with Gasteiger partial charge in [0.25, 0.3) is 0 Å². The molecule has 3 heteroatoms. The molecule has 0 aromatic heterocycles. The summed E-state index contributed by atoms with van der Waals surface area (Å²) in [6.07, 6.45) is 0.844. The van der Waals surface area contributed by atoms with Gasteiger partial charge in [0, 0.05) is 6.54 Å². The summed E-state index contributed by atoms with van der Waals surface area (Å²) < 4.78 is 0. The van der Waals surface area contributed by atoms with E-state index in [-0.39, 0.29) is 12.6 Å². The second-order valence-electron chi connectivity index (χ2n) is 2.99. The summed E-state index contributed by atoms with van der Waals surface area (Å²) in [6, 6.07) is 2.04. The van der Waals surface area contributed by atoms with Gasteiger partial charge < -0.3 is 5.11 Å². The van der Waals surface area contributed by atoms with Crippen LogP contribution in [0.25, 0.3) is 0 Å². The Labute approximate surface area is 68.0 Å². The van der Waals surface area contributed by atoms with Crippen LogP contribution in [0.5, 0.6) is 0 Å². The Morgan fingerprint density at radius 2 is 2.18 bits per heavy atom. The Hall–Kier alpha value is -0.590. The smallest absolute Gasteiger partial charge is 0.0956 e. The van der Waals surface area contributed by atoms with E-state index < -0.39 is 0 Å². The van der Waals surface area contributed by atoms with E-state index in [4.69, 9.17) is 10.4 Å². The molecule has 2 N–H and O–H groups in total. The number of nitriles is 1. The van der Waals surface area contributed by atoms with E-state index in [1.165, 1.54) is 0 Å². The van der Waals surface area contributed by atoms with Crippen LogP contribution in [0.3, 0.4) is 0 Å². The minimum Gasteiger partial charge on any atom is -0.395 e. The minimum absolute atomic E-state index is 0.0935. The second-order valence-corrected chi connectivity index (χ2v) is 2.99. The van der Waals surface area contributed by atoms with Gasteiger partial charge in [-0.25, -0.2) is 0 Å². The van der Waals surface area contributed by atoms with Crippen LogP contribution < -0.4 is 5.32 Å². The molecule has 64 valence electrons. The second kappa shape index (κ2) is 6.14. The molecule has 0 fully saturated rings. The van der Waals surface area contributed by atoms with Gasteiger partial charge in [-0.3, -0.25) is 5.32 Å². The molecule has 0 aliphatic heterocycles. The van der Waals surface area contributed by atoms with Crippen molar-refractivity contribution in [2.75, 3.05) is 13.2 Å². The zero-order valence-electron chi connectivity index (χ0n) is 7.17. The van der Waals surface area contributed by atoms with Crippen molar-refractivity contribution in [3.63, 3.8) is 0 Å². The summed E-state index contributed by atoms with van der Waals surface area (Å²) in [6.45, 7) is 4.75. The third-order valence-electron chi connectivity index (χ3n) is 1.37. The monoisotopic (exact) mass is 156 g/mol. The van der Waals surface area contributed by atoms with Crippen molar-refractivity contribution in [1.29, 1.82) is 5.26 Å². The average Bonchev–Trinajstić information content (AvgIpc) is 1.97. The van der Waals surface area contributed by atoms with Crippen LogP contribution in [0.4, 0.5) is 0 Å². The number of nitrogens with zero attached hydrogens (tertiary/aromatic N) is 1. The lowest BCUT2D eigenvalue weighted by molar-refractivity contribution is 0.285. The molecule has 1 atom stereocenters. The molecule has 0 amide bonds. The fourth-order valence-electron chi connectivity index (χ4n) is 0.892. The zero-order valence-corrected chi connectivity index (χ0v) is 7.17. The number of rotatable bonds is 5. The van der Waals surface area contributed by atoms with Crippen LogP contribution in [-0.2, 0) is 0 Å². The predicted octanol–water partition coefficient (Wildman–Crippen LogP) is 0.507. The van der Waals surface area contributed by atoms with Crippen molar-refractivity contribution in [3.8, 4) is 6.07 Å². The van der Waals surface area contributed by atoms with E-state index in [2.05, 4.69) is 25.2 Å². The van der Waals surface area contributed by atoms with Gasteiger partial charge in [0.15, 0.2) is 0 Å². The van der Waals surface area contributed by atoms with Crippen molar-refractivity contribution in [2.45, 2.75) is 26.3 Å². The molecule has 0 rings (SSSR count). The van der Waals surface area contributed by atoms with Crippen molar-refractivity contribution in [1.82, 2.24) is 5.32 Å². The Balaban J connectivity index is 3.52. The molecule has 0 saturated heterocycles. The molecule has 0 aromatic carbocycles. The maximum Gasteiger partial charge on any atom is 0.0956 e. The molecule has 0 heterocycles. The molecule has 0 aliphatic carbocycles. The third kappa shape index (κ3) is 5.84. The summed E-state index contributed by atoms with van der Waals surface area (Å²) in [5, 5.41) is 20.0. The molecule has 0 aromatic rings. The molecule has 0 aliphatic rings. The van der Waals surface area contributed by atoms with Crippen molar-refractivity contribution in [2.24, 2.45) is 5.92 Å². The average molecular weight is 156 g/mol. The van der Waals surface area contributed by atoms with Crippen molar-refractivity contribution in [3.05, 3.63) is 0 Å². The SMILES string of the molecule is CC(C)CC(C#N)NCCO. The first-order valence-corrected chi connectivity index (χ1v) is 3.94. The summed E-state index contributed by atoms with van der Waals surface area (Å²) >= 11 is 0. The number of hydrogen-bond donors (Lipinski definition) is 2. The van der Waals surface area contributed by atoms with E-state index >= 15 is 0 Å². The lowest BCUT2D eigenvalue weighted by Gasteiger charge is -2.11. The van der Waals surface area contributed by atoms with E-state index in [0.717, 1.165) is 6.42 Å². The topological polar surface area (TPSA) is 56.0 Å². The lowest BCUT2D eigenvalue weighted by Crippen LogP contribution is -2.31. The van der Waals surface area contributed by atoms with Gasteiger partial charge in [-0.15, -0.1) is 0 Å². The fourth-order valence-corrected chi connectivity index (χ4v) is 0.892. The minimum atomic E-state index is -0.109. The van der Waals surface area contributed by atoms with E-state index in [9.17, 15) is 0 Å². The number of aliphatic hydroxyl groups excluding tert-OH is 1. The normalized spacial score (nSPS) is 13.0. The number of hydrogen-bond acceptors (Lipinski definition) is 3. The maximum absolute atomic E-state index is 8.61. The molecular formula is C8H16N2O. The summed E-state index contributed by atoms with van der Waals surface area (Å²) in [5.74, 6) is 0.519. The molecule has 1 unspecified atom stereocenters. The summed E-state index contributed by atoms with van der Waals surface area (Å²) in [5.41, 5.74) is 0. The standard InChI is InChI=1S/C8H16N2O/c1-7(2)5-8(6-9)10-3-4-11/h7-8,10-11H,3-5H2,1-2H3. The highest BCUT2D eigenvalue weighted by molar-refractivity contribution is 4.89. The summed E-state index contributed by atoms with van der Waals surface area (Å²) in [7, 11) is 0. The molecule has 3 nitrogen and oxygen atoms in total. The first kappa shape index (κ1) is 10.4. The maximum atomic E-state index is 8.61. The van der Waals surface area contributed by atoms with Gasteiger partial charge in [-0.05, 0) is 12.3 Å². The highest BCUT2D eigenvalue weighted by Crippen LogP contribution is 2.02. The van der Waals surface area contributed by atoms with Gasteiger partial charge >= 0.3 is 0 Å². The molecule has 0 saturated carbocycles. The highest BCUT2D eigenvalue weighted by atomic mass is 16.3. The Bertz CT molecular complexity index is 129. The quantitative estimate of drug-likeness (QED) is 0.609.